The van der Waals surface area contributed by atoms with Crippen LogP contribution in [0.25, 0.3) is 11.0 Å². The highest BCUT2D eigenvalue weighted by Crippen LogP contribution is 2.29. The number of rotatable bonds is 5. The first-order valence-corrected chi connectivity index (χ1v) is 11.9. The fourth-order valence-electron chi connectivity index (χ4n) is 4.61. The summed E-state index contributed by atoms with van der Waals surface area (Å²) in [5.74, 6) is 1.57. The van der Waals surface area contributed by atoms with Crippen molar-refractivity contribution < 1.29 is 9.47 Å². The van der Waals surface area contributed by atoms with E-state index in [1.165, 1.54) is 5.56 Å². The number of nitrogens with zero attached hydrogens (tertiary/aromatic N) is 4. The maximum atomic E-state index is 12.7. The molecule has 1 N–H and O–H groups in total. The molecule has 8 nitrogen and oxygen atoms in total. The van der Waals surface area contributed by atoms with Crippen molar-refractivity contribution in [2.75, 3.05) is 26.3 Å². The average Bonchev–Trinajstić information content (AvgIpc) is 3.20. The number of aromatic nitrogens is 4. The fourth-order valence-corrected chi connectivity index (χ4v) is 4.61. The van der Waals surface area contributed by atoms with E-state index in [1.807, 2.05) is 4.68 Å². The summed E-state index contributed by atoms with van der Waals surface area (Å²) < 4.78 is 13.5. The van der Waals surface area contributed by atoms with Crippen molar-refractivity contribution in [2.24, 2.45) is 0 Å². The lowest BCUT2D eigenvalue weighted by Crippen LogP contribution is -2.54. The Hall–Kier alpha value is -2.71. The van der Waals surface area contributed by atoms with Gasteiger partial charge in [0.15, 0.2) is 5.65 Å². The number of benzene rings is 1. The molecule has 33 heavy (non-hydrogen) atoms. The molecule has 3 aromatic rings. The second-order valence-corrected chi connectivity index (χ2v) is 10.3. The summed E-state index contributed by atoms with van der Waals surface area (Å²) in [6, 6.07) is 8.59. The summed E-state index contributed by atoms with van der Waals surface area (Å²) in [7, 11) is 0. The largest absolute Gasteiger partial charge is 0.488 e. The van der Waals surface area contributed by atoms with Gasteiger partial charge in [-0.1, -0.05) is 32.9 Å². The standard InChI is InChI=1S/C25H33N5O3/c1-16(29-14-20(15-29)33-19-7-5-17(6-8-19)25(2,3)4)22-27-23-21(24(31)28-22)13-26-30(23)18-9-11-32-12-10-18/h5-8,13,16,18,20H,9-12,14-15H2,1-4H3,(H,27,28,31). The smallest absolute Gasteiger partial charge is 0.262 e. The molecule has 0 aliphatic carbocycles. The zero-order valence-electron chi connectivity index (χ0n) is 19.9. The molecule has 0 saturated carbocycles. The van der Waals surface area contributed by atoms with Crippen LogP contribution in [0.15, 0.2) is 35.3 Å². The molecule has 0 amide bonds. The lowest BCUT2D eigenvalue weighted by Gasteiger charge is -2.42. The Labute approximate surface area is 193 Å². The minimum atomic E-state index is -0.132. The molecule has 0 spiro atoms. The fraction of sp³-hybridized carbons (Fsp3) is 0.560. The number of nitrogens with one attached hydrogen (secondary N) is 1. The molecular weight excluding hydrogens is 418 g/mol. The van der Waals surface area contributed by atoms with E-state index >= 15 is 0 Å². The van der Waals surface area contributed by atoms with E-state index in [-0.39, 0.29) is 29.2 Å². The summed E-state index contributed by atoms with van der Waals surface area (Å²) in [4.78, 5) is 22.8. The molecule has 1 unspecified atom stereocenters. The first-order valence-electron chi connectivity index (χ1n) is 11.9. The number of hydrogen-bond donors (Lipinski definition) is 1. The molecule has 2 saturated heterocycles. The molecule has 2 aliphatic heterocycles. The van der Waals surface area contributed by atoms with E-state index in [2.05, 4.69) is 66.9 Å². The Bertz CT molecular complexity index is 1170. The number of ether oxygens (including phenoxy) is 2. The van der Waals surface area contributed by atoms with E-state index in [4.69, 9.17) is 14.5 Å². The number of hydrogen-bond acceptors (Lipinski definition) is 6. The average molecular weight is 452 g/mol. The molecule has 2 aliphatic rings. The SMILES string of the molecule is CC(c1nc2c(cnn2C2CCOCC2)c(=O)[nH]1)N1CC(Oc2ccc(C(C)(C)C)cc2)C1. The Morgan fingerprint density at radius 3 is 2.52 bits per heavy atom. The van der Waals surface area contributed by atoms with Gasteiger partial charge in [0.05, 0.1) is 18.3 Å². The minimum Gasteiger partial charge on any atom is -0.488 e. The van der Waals surface area contributed by atoms with Crippen molar-refractivity contribution in [3.8, 4) is 5.75 Å². The molecule has 2 aromatic heterocycles. The number of likely N-dealkylation sites (tertiary alicyclic amines) is 1. The Kier molecular flexibility index (Phi) is 5.74. The molecule has 1 aromatic carbocycles. The monoisotopic (exact) mass is 451 g/mol. The van der Waals surface area contributed by atoms with Crippen LogP contribution in [0.4, 0.5) is 0 Å². The molecule has 0 radical (unpaired) electrons. The number of aromatic amines is 1. The van der Waals surface area contributed by atoms with E-state index < -0.39 is 0 Å². The second kappa shape index (κ2) is 8.57. The summed E-state index contributed by atoms with van der Waals surface area (Å²) >= 11 is 0. The van der Waals surface area contributed by atoms with Gasteiger partial charge in [0, 0.05) is 26.3 Å². The Morgan fingerprint density at radius 2 is 1.85 bits per heavy atom. The van der Waals surface area contributed by atoms with E-state index in [9.17, 15) is 4.79 Å². The van der Waals surface area contributed by atoms with Gasteiger partial charge in [-0.3, -0.25) is 9.69 Å². The Balaban J connectivity index is 1.26. The van der Waals surface area contributed by atoms with Gasteiger partial charge in [0.1, 0.15) is 23.1 Å². The van der Waals surface area contributed by atoms with Crippen LogP contribution in [-0.4, -0.2) is 57.1 Å². The van der Waals surface area contributed by atoms with Crippen LogP contribution in [-0.2, 0) is 10.2 Å². The lowest BCUT2D eigenvalue weighted by atomic mass is 9.87. The predicted molar refractivity (Wildman–Crippen MR) is 127 cm³/mol. The lowest BCUT2D eigenvalue weighted by molar-refractivity contribution is -0.00737. The highest BCUT2D eigenvalue weighted by Gasteiger charge is 2.34. The van der Waals surface area contributed by atoms with Crippen LogP contribution in [0.2, 0.25) is 0 Å². The van der Waals surface area contributed by atoms with Crippen molar-refractivity contribution in [3.63, 3.8) is 0 Å². The summed E-state index contributed by atoms with van der Waals surface area (Å²) in [6.07, 6.45) is 3.54. The van der Waals surface area contributed by atoms with Crippen LogP contribution in [0.5, 0.6) is 5.75 Å². The summed E-state index contributed by atoms with van der Waals surface area (Å²) in [6.45, 7) is 11.7. The van der Waals surface area contributed by atoms with Gasteiger partial charge in [0.2, 0.25) is 0 Å². The van der Waals surface area contributed by atoms with E-state index in [0.717, 1.165) is 31.7 Å². The third kappa shape index (κ3) is 4.42. The van der Waals surface area contributed by atoms with Crippen LogP contribution in [0.3, 0.4) is 0 Å². The van der Waals surface area contributed by atoms with Crippen molar-refractivity contribution in [1.82, 2.24) is 24.6 Å². The molecule has 4 heterocycles. The molecule has 0 bridgehead atoms. The maximum absolute atomic E-state index is 12.7. The third-order valence-electron chi connectivity index (χ3n) is 6.86. The van der Waals surface area contributed by atoms with E-state index in [1.54, 1.807) is 6.20 Å². The van der Waals surface area contributed by atoms with Gasteiger partial charge in [-0.25, -0.2) is 9.67 Å². The highest BCUT2D eigenvalue weighted by molar-refractivity contribution is 5.73. The van der Waals surface area contributed by atoms with Gasteiger partial charge in [0.25, 0.3) is 5.56 Å². The van der Waals surface area contributed by atoms with Gasteiger partial charge < -0.3 is 14.5 Å². The third-order valence-corrected chi connectivity index (χ3v) is 6.86. The number of H-pyrrole nitrogens is 1. The van der Waals surface area contributed by atoms with Gasteiger partial charge in [-0.2, -0.15) is 5.10 Å². The topological polar surface area (TPSA) is 85.3 Å². The molecule has 5 rings (SSSR count). The van der Waals surface area contributed by atoms with Crippen molar-refractivity contribution >= 4 is 11.0 Å². The normalized spacial score (nSPS) is 19.5. The zero-order valence-corrected chi connectivity index (χ0v) is 19.9. The van der Waals surface area contributed by atoms with Crippen LogP contribution >= 0.6 is 0 Å². The van der Waals surface area contributed by atoms with Crippen molar-refractivity contribution in [1.29, 1.82) is 0 Å². The number of fused-ring (bicyclic) bond motifs is 1. The second-order valence-electron chi connectivity index (χ2n) is 10.3. The molecule has 2 fully saturated rings. The van der Waals surface area contributed by atoms with Gasteiger partial charge >= 0.3 is 0 Å². The first kappa shape index (κ1) is 22.1. The van der Waals surface area contributed by atoms with Crippen molar-refractivity contribution in [2.45, 2.75) is 64.1 Å². The minimum absolute atomic E-state index is 0.0109. The summed E-state index contributed by atoms with van der Waals surface area (Å²) in [5, 5.41) is 5.03. The van der Waals surface area contributed by atoms with Crippen LogP contribution in [0.1, 0.15) is 64.0 Å². The molecule has 176 valence electrons. The van der Waals surface area contributed by atoms with Gasteiger partial charge in [-0.05, 0) is 42.9 Å². The molecule has 1 atom stereocenters. The first-order chi connectivity index (χ1) is 15.8. The zero-order chi connectivity index (χ0) is 23.2. The quantitative estimate of drug-likeness (QED) is 0.638. The highest BCUT2D eigenvalue weighted by atomic mass is 16.5. The van der Waals surface area contributed by atoms with Crippen LogP contribution < -0.4 is 10.3 Å². The summed E-state index contributed by atoms with van der Waals surface area (Å²) in [5.41, 5.74) is 1.96. The Morgan fingerprint density at radius 1 is 1.15 bits per heavy atom. The molecular formula is C25H33N5O3. The van der Waals surface area contributed by atoms with Crippen molar-refractivity contribution in [3.05, 3.63) is 52.2 Å². The van der Waals surface area contributed by atoms with E-state index in [0.29, 0.717) is 30.1 Å². The molecule has 8 heteroatoms. The van der Waals surface area contributed by atoms with Gasteiger partial charge in [-0.15, -0.1) is 0 Å². The maximum Gasteiger partial charge on any atom is 0.262 e. The van der Waals surface area contributed by atoms with Crippen LogP contribution in [0, 0.1) is 0 Å². The predicted octanol–water partition coefficient (Wildman–Crippen LogP) is 3.59.